The Balaban J connectivity index is 2.11. The zero-order valence-corrected chi connectivity index (χ0v) is 12.2. The van der Waals surface area contributed by atoms with Crippen molar-refractivity contribution in [2.75, 3.05) is 6.61 Å². The highest BCUT2D eigenvalue weighted by molar-refractivity contribution is 9.10. The highest BCUT2D eigenvalue weighted by Crippen LogP contribution is 2.30. The summed E-state index contributed by atoms with van der Waals surface area (Å²) in [6, 6.07) is 9.25. The molecular formula is C14H9BrFNO4. The molecule has 2 aromatic carbocycles. The average Bonchev–Trinajstić information content (AvgIpc) is 2.46. The van der Waals surface area contributed by atoms with Crippen molar-refractivity contribution in [3.05, 3.63) is 68.4 Å². The van der Waals surface area contributed by atoms with Gasteiger partial charge in [-0.25, -0.2) is 4.39 Å². The fourth-order valence-corrected chi connectivity index (χ4v) is 1.97. The topological polar surface area (TPSA) is 69.4 Å². The first-order chi connectivity index (χ1) is 9.97. The lowest BCUT2D eigenvalue weighted by Crippen LogP contribution is -2.12. The molecule has 0 aliphatic heterocycles. The number of halogens is 2. The van der Waals surface area contributed by atoms with E-state index in [-0.39, 0.29) is 23.6 Å². The maximum Gasteiger partial charge on any atom is 0.312 e. The highest BCUT2D eigenvalue weighted by Gasteiger charge is 2.17. The van der Waals surface area contributed by atoms with Crippen LogP contribution in [0.1, 0.15) is 10.4 Å². The van der Waals surface area contributed by atoms with E-state index in [1.165, 1.54) is 24.3 Å². The fourth-order valence-electron chi connectivity index (χ4n) is 1.62. The van der Waals surface area contributed by atoms with E-state index in [1.54, 1.807) is 6.07 Å². The summed E-state index contributed by atoms with van der Waals surface area (Å²) >= 11 is 3.13. The van der Waals surface area contributed by atoms with Crippen molar-refractivity contribution in [3.8, 4) is 5.75 Å². The van der Waals surface area contributed by atoms with E-state index in [9.17, 15) is 19.3 Å². The number of hydrogen-bond donors (Lipinski definition) is 0. The second kappa shape index (κ2) is 6.45. The summed E-state index contributed by atoms with van der Waals surface area (Å²) in [6.45, 7) is -0.367. The predicted octanol–water partition coefficient (Wildman–Crippen LogP) is 3.76. The summed E-state index contributed by atoms with van der Waals surface area (Å²) in [4.78, 5) is 22.2. The number of carbonyl (C=O) groups excluding carboxylic acids is 1. The van der Waals surface area contributed by atoms with Gasteiger partial charge >= 0.3 is 5.69 Å². The molecule has 0 atom stereocenters. The van der Waals surface area contributed by atoms with Crippen LogP contribution in [0.2, 0.25) is 0 Å². The molecule has 21 heavy (non-hydrogen) atoms. The van der Waals surface area contributed by atoms with Crippen LogP contribution in [0.4, 0.5) is 10.1 Å². The summed E-state index contributed by atoms with van der Waals surface area (Å²) in [5.74, 6) is -0.845. The fraction of sp³-hybridized carbons (Fsp3) is 0.0714. The first kappa shape index (κ1) is 15.1. The van der Waals surface area contributed by atoms with Gasteiger partial charge in [-0.3, -0.25) is 14.9 Å². The monoisotopic (exact) mass is 353 g/mol. The lowest BCUT2D eigenvalue weighted by molar-refractivity contribution is -0.385. The standard InChI is InChI=1S/C14H9BrFNO4/c15-10-3-6-14(12(7-10)17(19)20)21-8-13(18)9-1-4-11(16)5-2-9/h1-7H,8H2. The third kappa shape index (κ3) is 3.85. The average molecular weight is 354 g/mol. The molecule has 0 heterocycles. The number of carbonyl (C=O) groups is 1. The number of benzene rings is 2. The van der Waals surface area contributed by atoms with Crippen molar-refractivity contribution < 1.29 is 18.8 Å². The zero-order valence-electron chi connectivity index (χ0n) is 10.6. The maximum atomic E-state index is 12.8. The van der Waals surface area contributed by atoms with E-state index in [0.29, 0.717) is 4.47 Å². The van der Waals surface area contributed by atoms with Gasteiger partial charge in [0.15, 0.2) is 18.1 Å². The van der Waals surface area contributed by atoms with E-state index >= 15 is 0 Å². The molecule has 5 nitrogen and oxygen atoms in total. The normalized spacial score (nSPS) is 10.2. The van der Waals surface area contributed by atoms with Crippen LogP contribution in [0.3, 0.4) is 0 Å². The van der Waals surface area contributed by atoms with E-state index in [2.05, 4.69) is 15.9 Å². The number of ether oxygens (including phenoxy) is 1. The minimum Gasteiger partial charge on any atom is -0.478 e. The molecule has 0 fully saturated rings. The van der Waals surface area contributed by atoms with Crippen LogP contribution >= 0.6 is 15.9 Å². The van der Waals surface area contributed by atoms with E-state index in [1.807, 2.05) is 0 Å². The number of nitrogens with zero attached hydrogens (tertiary/aromatic N) is 1. The largest absolute Gasteiger partial charge is 0.478 e. The molecule has 2 aromatic rings. The molecule has 0 spiro atoms. The zero-order chi connectivity index (χ0) is 15.4. The number of nitro benzene ring substituents is 1. The van der Waals surface area contributed by atoms with Gasteiger partial charge in [0.05, 0.1) is 4.92 Å². The third-order valence-corrected chi connectivity index (χ3v) is 3.14. The summed E-state index contributed by atoms with van der Waals surface area (Å²) < 4.78 is 18.5. The third-order valence-electron chi connectivity index (χ3n) is 2.64. The van der Waals surface area contributed by atoms with Crippen LogP contribution in [0.15, 0.2) is 46.9 Å². The van der Waals surface area contributed by atoms with Crippen LogP contribution in [0.5, 0.6) is 5.75 Å². The number of rotatable bonds is 5. The molecular weight excluding hydrogens is 345 g/mol. The van der Waals surface area contributed by atoms with Crippen LogP contribution < -0.4 is 4.74 Å². The van der Waals surface area contributed by atoms with Crippen molar-refractivity contribution in [2.45, 2.75) is 0 Å². The molecule has 0 aromatic heterocycles. The maximum absolute atomic E-state index is 12.8. The Morgan fingerprint density at radius 3 is 2.52 bits per heavy atom. The molecule has 0 aliphatic carbocycles. The smallest absolute Gasteiger partial charge is 0.312 e. The number of ketones is 1. The van der Waals surface area contributed by atoms with E-state index < -0.39 is 16.5 Å². The van der Waals surface area contributed by atoms with E-state index in [0.717, 1.165) is 12.1 Å². The predicted molar refractivity (Wildman–Crippen MR) is 77.0 cm³/mol. The van der Waals surface area contributed by atoms with Crippen LogP contribution in [0.25, 0.3) is 0 Å². The van der Waals surface area contributed by atoms with Gasteiger partial charge in [-0.2, -0.15) is 0 Å². The van der Waals surface area contributed by atoms with Gasteiger partial charge in [-0.15, -0.1) is 0 Å². The van der Waals surface area contributed by atoms with Crippen molar-refractivity contribution >= 4 is 27.4 Å². The van der Waals surface area contributed by atoms with Crippen molar-refractivity contribution in [3.63, 3.8) is 0 Å². The van der Waals surface area contributed by atoms with Gasteiger partial charge in [-0.05, 0) is 36.4 Å². The van der Waals surface area contributed by atoms with Gasteiger partial charge in [-0.1, -0.05) is 15.9 Å². The van der Waals surface area contributed by atoms with Gasteiger partial charge in [0.25, 0.3) is 0 Å². The Morgan fingerprint density at radius 1 is 1.24 bits per heavy atom. The number of nitro groups is 1. The Bertz CT molecular complexity index is 688. The van der Waals surface area contributed by atoms with Crippen LogP contribution in [-0.2, 0) is 0 Å². The SMILES string of the molecule is O=C(COc1ccc(Br)cc1[N+](=O)[O-])c1ccc(F)cc1. The highest BCUT2D eigenvalue weighted by atomic mass is 79.9. The molecule has 108 valence electrons. The summed E-state index contributed by atoms with van der Waals surface area (Å²) in [7, 11) is 0. The van der Waals surface area contributed by atoms with Gasteiger partial charge in [0, 0.05) is 16.1 Å². The molecule has 7 heteroatoms. The molecule has 0 saturated carbocycles. The first-order valence-electron chi connectivity index (χ1n) is 5.83. The Morgan fingerprint density at radius 2 is 1.90 bits per heavy atom. The lowest BCUT2D eigenvalue weighted by atomic mass is 10.1. The van der Waals surface area contributed by atoms with Gasteiger partial charge in [0.1, 0.15) is 5.82 Å². The molecule has 0 saturated heterocycles. The molecule has 0 N–H and O–H groups in total. The second-order valence-electron chi connectivity index (χ2n) is 4.09. The molecule has 0 amide bonds. The second-order valence-corrected chi connectivity index (χ2v) is 5.00. The van der Waals surface area contributed by atoms with Crippen LogP contribution in [0, 0.1) is 15.9 Å². The Labute approximate surface area is 127 Å². The van der Waals surface area contributed by atoms with Crippen molar-refractivity contribution in [1.82, 2.24) is 0 Å². The van der Waals surface area contributed by atoms with Crippen molar-refractivity contribution in [1.29, 1.82) is 0 Å². The summed E-state index contributed by atoms with van der Waals surface area (Å²) in [5.41, 5.74) is 0.0347. The molecule has 0 unspecified atom stereocenters. The minimum atomic E-state index is -0.595. The Kier molecular flexibility index (Phi) is 4.64. The number of Topliss-reactive ketones (excluding diaryl/α,β-unsaturated/α-hetero) is 1. The lowest BCUT2D eigenvalue weighted by Gasteiger charge is -2.06. The minimum absolute atomic E-state index is 0.00124. The van der Waals surface area contributed by atoms with E-state index in [4.69, 9.17) is 4.74 Å². The number of hydrogen-bond acceptors (Lipinski definition) is 4. The molecule has 0 bridgehead atoms. The molecule has 2 rings (SSSR count). The summed E-state index contributed by atoms with van der Waals surface area (Å²) in [5, 5.41) is 10.9. The van der Waals surface area contributed by atoms with Crippen LogP contribution in [-0.4, -0.2) is 17.3 Å². The summed E-state index contributed by atoms with van der Waals surface area (Å²) in [6.07, 6.45) is 0. The van der Waals surface area contributed by atoms with Crippen molar-refractivity contribution in [2.24, 2.45) is 0 Å². The first-order valence-corrected chi connectivity index (χ1v) is 6.62. The molecule has 0 aliphatic rings. The quantitative estimate of drug-likeness (QED) is 0.466. The molecule has 0 radical (unpaired) electrons. The van der Waals surface area contributed by atoms with Gasteiger partial charge < -0.3 is 4.74 Å². The Hall–Kier alpha value is -2.28. The van der Waals surface area contributed by atoms with Gasteiger partial charge in [0.2, 0.25) is 0 Å².